The number of hydrogen-bond acceptors (Lipinski definition) is 4. The summed E-state index contributed by atoms with van der Waals surface area (Å²) in [4.78, 5) is 9.50. The number of aliphatic imine (C=N–C) groups is 1. The van der Waals surface area contributed by atoms with Crippen molar-refractivity contribution >= 4 is 29.9 Å². The molecule has 0 amide bonds. The fraction of sp³-hybridized carbons (Fsp3) is 0.789. The Morgan fingerprint density at radius 1 is 1.23 bits per heavy atom. The van der Waals surface area contributed by atoms with Crippen LogP contribution in [0.5, 0.6) is 0 Å². The highest BCUT2D eigenvalue weighted by atomic mass is 127. The summed E-state index contributed by atoms with van der Waals surface area (Å²) in [5.74, 6) is 2.75. The minimum Gasteiger partial charge on any atom is -0.364 e. The van der Waals surface area contributed by atoms with E-state index in [1.165, 1.54) is 25.7 Å². The van der Waals surface area contributed by atoms with Gasteiger partial charge in [0.2, 0.25) is 0 Å². The first-order valence-electron chi connectivity index (χ1n) is 9.76. The predicted octanol–water partition coefficient (Wildman–Crippen LogP) is 3.20. The molecule has 1 aromatic heterocycles. The number of aromatic nitrogens is 1. The van der Waals surface area contributed by atoms with Gasteiger partial charge in [0.1, 0.15) is 12.0 Å². The summed E-state index contributed by atoms with van der Waals surface area (Å²) in [5, 5.41) is 7.33. The van der Waals surface area contributed by atoms with Crippen molar-refractivity contribution in [1.29, 1.82) is 0 Å². The van der Waals surface area contributed by atoms with Crippen LogP contribution < -0.4 is 5.32 Å². The van der Waals surface area contributed by atoms with Crippen molar-refractivity contribution in [2.45, 2.75) is 52.1 Å². The van der Waals surface area contributed by atoms with Crippen molar-refractivity contribution in [3.05, 3.63) is 18.0 Å². The van der Waals surface area contributed by atoms with Crippen molar-refractivity contribution in [1.82, 2.24) is 20.3 Å². The molecule has 148 valence electrons. The van der Waals surface area contributed by atoms with Crippen LogP contribution >= 0.6 is 24.0 Å². The van der Waals surface area contributed by atoms with Gasteiger partial charge in [-0.25, -0.2) is 0 Å². The summed E-state index contributed by atoms with van der Waals surface area (Å²) in [6.07, 6.45) is 7.17. The molecule has 0 atom stereocenters. The SMILES string of the molecule is CN=C(NCc1ccon1)N1CCN(C2CCC(C(C)C)CC2)CC1.I. The highest BCUT2D eigenvalue weighted by Gasteiger charge is 2.29. The summed E-state index contributed by atoms with van der Waals surface area (Å²) in [7, 11) is 1.85. The predicted molar refractivity (Wildman–Crippen MR) is 116 cm³/mol. The minimum absolute atomic E-state index is 0. The smallest absolute Gasteiger partial charge is 0.194 e. The van der Waals surface area contributed by atoms with E-state index >= 15 is 0 Å². The molecule has 1 saturated carbocycles. The van der Waals surface area contributed by atoms with E-state index in [2.05, 4.69) is 39.1 Å². The second kappa shape index (κ2) is 10.5. The van der Waals surface area contributed by atoms with Crippen molar-refractivity contribution in [2.24, 2.45) is 16.8 Å². The fourth-order valence-electron chi connectivity index (χ4n) is 4.26. The lowest BCUT2D eigenvalue weighted by molar-refractivity contribution is 0.0864. The third kappa shape index (κ3) is 5.58. The van der Waals surface area contributed by atoms with Crippen LogP contribution in [0.15, 0.2) is 21.8 Å². The summed E-state index contributed by atoms with van der Waals surface area (Å²) in [5.41, 5.74) is 0.904. The standard InChI is InChI=1S/C19H33N5O.HI/c1-15(2)16-4-6-18(7-5-16)23-9-11-24(12-10-23)19(20-3)21-14-17-8-13-25-22-17;/h8,13,15-16,18H,4-7,9-12,14H2,1-3H3,(H,20,21);1H. The molecular weight excluding hydrogens is 441 g/mol. The molecule has 2 fully saturated rings. The molecule has 7 heteroatoms. The average Bonchev–Trinajstić information content (AvgIpc) is 3.16. The molecule has 1 aliphatic carbocycles. The molecule has 1 saturated heterocycles. The second-order valence-corrected chi connectivity index (χ2v) is 7.73. The van der Waals surface area contributed by atoms with Crippen LogP contribution in [0.1, 0.15) is 45.2 Å². The fourth-order valence-corrected chi connectivity index (χ4v) is 4.26. The van der Waals surface area contributed by atoms with Crippen molar-refractivity contribution in [2.75, 3.05) is 33.2 Å². The number of hydrogen-bond donors (Lipinski definition) is 1. The van der Waals surface area contributed by atoms with E-state index in [9.17, 15) is 0 Å². The number of nitrogens with one attached hydrogen (secondary N) is 1. The van der Waals surface area contributed by atoms with Gasteiger partial charge >= 0.3 is 0 Å². The molecular formula is C19H34IN5O. The summed E-state index contributed by atoms with van der Waals surface area (Å²) < 4.78 is 4.88. The van der Waals surface area contributed by atoms with E-state index in [0.29, 0.717) is 6.54 Å². The van der Waals surface area contributed by atoms with E-state index < -0.39 is 0 Å². The molecule has 2 aliphatic rings. The van der Waals surface area contributed by atoms with Crippen molar-refractivity contribution in [3.63, 3.8) is 0 Å². The van der Waals surface area contributed by atoms with Gasteiger partial charge in [0, 0.05) is 45.3 Å². The van der Waals surface area contributed by atoms with E-state index in [1.807, 2.05) is 13.1 Å². The topological polar surface area (TPSA) is 56.9 Å². The number of rotatable bonds is 4. The maximum atomic E-state index is 4.88. The monoisotopic (exact) mass is 475 g/mol. The Morgan fingerprint density at radius 2 is 1.92 bits per heavy atom. The molecule has 0 aromatic carbocycles. The summed E-state index contributed by atoms with van der Waals surface area (Å²) >= 11 is 0. The number of halogens is 1. The second-order valence-electron chi connectivity index (χ2n) is 7.73. The van der Waals surface area contributed by atoms with Gasteiger partial charge < -0.3 is 14.7 Å². The van der Waals surface area contributed by atoms with Crippen LogP contribution in [-0.4, -0.2) is 60.2 Å². The molecule has 1 aromatic rings. The zero-order valence-electron chi connectivity index (χ0n) is 16.4. The van der Waals surface area contributed by atoms with Gasteiger partial charge in [-0.2, -0.15) is 0 Å². The number of piperazine rings is 1. The molecule has 1 aliphatic heterocycles. The molecule has 0 unspecified atom stereocenters. The Bertz CT molecular complexity index is 532. The maximum Gasteiger partial charge on any atom is 0.194 e. The first kappa shape index (κ1) is 21.5. The Labute approximate surface area is 174 Å². The zero-order valence-corrected chi connectivity index (χ0v) is 18.7. The van der Waals surface area contributed by atoms with Gasteiger partial charge in [0.15, 0.2) is 5.96 Å². The van der Waals surface area contributed by atoms with Crippen LogP contribution in [-0.2, 0) is 6.54 Å². The largest absolute Gasteiger partial charge is 0.364 e. The van der Waals surface area contributed by atoms with Gasteiger partial charge in [-0.15, -0.1) is 24.0 Å². The Morgan fingerprint density at radius 3 is 2.46 bits per heavy atom. The Hall–Kier alpha value is -0.830. The molecule has 0 radical (unpaired) electrons. The third-order valence-corrected chi connectivity index (χ3v) is 5.95. The van der Waals surface area contributed by atoms with E-state index in [-0.39, 0.29) is 24.0 Å². The van der Waals surface area contributed by atoms with E-state index in [1.54, 1.807) is 6.26 Å². The number of guanidine groups is 1. The average molecular weight is 475 g/mol. The lowest BCUT2D eigenvalue weighted by Gasteiger charge is -2.43. The first-order valence-corrected chi connectivity index (χ1v) is 9.76. The lowest BCUT2D eigenvalue weighted by Crippen LogP contribution is -2.55. The van der Waals surface area contributed by atoms with Gasteiger partial charge in [0.05, 0.1) is 6.54 Å². The summed E-state index contributed by atoms with van der Waals surface area (Å²) in [6, 6.07) is 2.67. The quantitative estimate of drug-likeness (QED) is 0.412. The first-order chi connectivity index (χ1) is 12.2. The van der Waals surface area contributed by atoms with Crippen LogP contribution in [0.2, 0.25) is 0 Å². The van der Waals surface area contributed by atoms with Crippen LogP contribution in [0.3, 0.4) is 0 Å². The molecule has 0 bridgehead atoms. The molecule has 1 N–H and O–H groups in total. The van der Waals surface area contributed by atoms with Gasteiger partial charge in [0.25, 0.3) is 0 Å². The van der Waals surface area contributed by atoms with Gasteiger partial charge in [-0.05, 0) is 37.5 Å². The Kier molecular flexibility index (Phi) is 8.66. The molecule has 26 heavy (non-hydrogen) atoms. The lowest BCUT2D eigenvalue weighted by atomic mass is 9.79. The molecule has 3 rings (SSSR count). The zero-order chi connectivity index (χ0) is 17.6. The van der Waals surface area contributed by atoms with Crippen molar-refractivity contribution in [3.8, 4) is 0 Å². The normalized spacial score (nSPS) is 25.2. The molecule has 2 heterocycles. The third-order valence-electron chi connectivity index (χ3n) is 5.95. The van der Waals surface area contributed by atoms with Crippen LogP contribution in [0, 0.1) is 11.8 Å². The highest BCUT2D eigenvalue weighted by Crippen LogP contribution is 2.32. The number of nitrogens with zero attached hydrogens (tertiary/aromatic N) is 4. The minimum atomic E-state index is 0. The highest BCUT2D eigenvalue weighted by molar-refractivity contribution is 14.0. The van der Waals surface area contributed by atoms with Gasteiger partial charge in [-0.1, -0.05) is 19.0 Å². The molecule has 6 nitrogen and oxygen atoms in total. The Balaban J connectivity index is 0.00000243. The molecule has 0 spiro atoms. The van der Waals surface area contributed by atoms with Crippen LogP contribution in [0.4, 0.5) is 0 Å². The van der Waals surface area contributed by atoms with E-state index in [0.717, 1.165) is 55.7 Å². The maximum absolute atomic E-state index is 4.88. The van der Waals surface area contributed by atoms with Gasteiger partial charge in [-0.3, -0.25) is 9.89 Å². The van der Waals surface area contributed by atoms with Crippen LogP contribution in [0.25, 0.3) is 0 Å². The van der Waals surface area contributed by atoms with E-state index in [4.69, 9.17) is 4.52 Å². The summed E-state index contributed by atoms with van der Waals surface area (Å²) in [6.45, 7) is 9.78. The van der Waals surface area contributed by atoms with Crippen molar-refractivity contribution < 1.29 is 4.52 Å².